The molecule has 0 amide bonds. The van der Waals surface area contributed by atoms with E-state index in [1.54, 1.807) is 0 Å². The Morgan fingerprint density at radius 2 is 1.93 bits per heavy atom. The molecule has 1 heterocycles. The highest BCUT2D eigenvalue weighted by molar-refractivity contribution is 4.87. The van der Waals surface area contributed by atoms with Gasteiger partial charge in [0, 0.05) is 25.2 Å². The fourth-order valence-corrected chi connectivity index (χ4v) is 2.47. The van der Waals surface area contributed by atoms with Crippen molar-refractivity contribution >= 4 is 0 Å². The fraction of sp³-hybridized carbons (Fsp3) is 1.00. The Morgan fingerprint density at radius 3 is 2.33 bits per heavy atom. The Bertz CT molecular complexity index is 155. The molecular weight excluding hydrogens is 184 g/mol. The number of nitrogens with one attached hydrogen (secondary N) is 1. The van der Waals surface area contributed by atoms with E-state index >= 15 is 0 Å². The Kier molecular flexibility index (Phi) is 6.26. The van der Waals surface area contributed by atoms with Crippen LogP contribution in [0.5, 0.6) is 0 Å². The third-order valence-electron chi connectivity index (χ3n) is 3.54. The lowest BCUT2D eigenvalue weighted by molar-refractivity contribution is 0.0857. The van der Waals surface area contributed by atoms with E-state index < -0.39 is 0 Å². The molecule has 1 fully saturated rings. The van der Waals surface area contributed by atoms with Crippen molar-refractivity contribution in [3.63, 3.8) is 0 Å². The minimum Gasteiger partial charge on any atom is -0.314 e. The van der Waals surface area contributed by atoms with E-state index in [-0.39, 0.29) is 0 Å². The first-order valence-electron chi connectivity index (χ1n) is 6.79. The van der Waals surface area contributed by atoms with Crippen LogP contribution >= 0.6 is 0 Å². The van der Waals surface area contributed by atoms with Gasteiger partial charge >= 0.3 is 0 Å². The molecule has 1 rings (SSSR count). The van der Waals surface area contributed by atoms with E-state index in [1.807, 2.05) is 0 Å². The van der Waals surface area contributed by atoms with Crippen LogP contribution in [-0.4, -0.2) is 36.6 Å². The maximum Gasteiger partial charge on any atom is 0.0348 e. The highest BCUT2D eigenvalue weighted by Gasteiger charge is 2.28. The first-order chi connectivity index (χ1) is 7.33. The smallest absolute Gasteiger partial charge is 0.0348 e. The van der Waals surface area contributed by atoms with Gasteiger partial charge in [-0.15, -0.1) is 0 Å². The van der Waals surface area contributed by atoms with Gasteiger partial charge in [0.05, 0.1) is 0 Å². The van der Waals surface area contributed by atoms with Crippen molar-refractivity contribution in [3.8, 4) is 0 Å². The normalized spacial score (nSPS) is 19.2. The van der Waals surface area contributed by atoms with Gasteiger partial charge in [0.2, 0.25) is 0 Å². The molecule has 1 saturated heterocycles. The molecule has 1 unspecified atom stereocenters. The lowest BCUT2D eigenvalue weighted by Gasteiger charge is -2.43. The van der Waals surface area contributed by atoms with E-state index in [2.05, 4.69) is 31.0 Å². The number of nitrogens with zero attached hydrogens (tertiary/aromatic N) is 1. The maximum absolute atomic E-state index is 3.39. The van der Waals surface area contributed by atoms with Gasteiger partial charge < -0.3 is 5.32 Å². The number of rotatable bonds is 8. The van der Waals surface area contributed by atoms with Gasteiger partial charge in [-0.2, -0.15) is 0 Å². The summed E-state index contributed by atoms with van der Waals surface area (Å²) in [4.78, 5) is 2.76. The second-order valence-corrected chi connectivity index (χ2v) is 4.75. The summed E-state index contributed by atoms with van der Waals surface area (Å²) in [5.74, 6) is 0. The Morgan fingerprint density at radius 1 is 1.20 bits per heavy atom. The molecule has 1 atom stereocenters. The standard InChI is InChI=1S/C13H28N2/c1-4-7-8-12(6-3)15(9-5-2)13-10-14-11-13/h12-14H,4-11H2,1-3H3. The summed E-state index contributed by atoms with van der Waals surface area (Å²) in [6, 6.07) is 1.66. The van der Waals surface area contributed by atoms with Crippen LogP contribution in [0.2, 0.25) is 0 Å². The van der Waals surface area contributed by atoms with Crippen molar-refractivity contribution in [2.45, 2.75) is 65.0 Å². The zero-order chi connectivity index (χ0) is 11.1. The van der Waals surface area contributed by atoms with Crippen LogP contribution in [0.4, 0.5) is 0 Å². The van der Waals surface area contributed by atoms with Crippen molar-refractivity contribution in [1.29, 1.82) is 0 Å². The minimum absolute atomic E-state index is 0.826. The van der Waals surface area contributed by atoms with Crippen LogP contribution in [0.25, 0.3) is 0 Å². The van der Waals surface area contributed by atoms with Crippen LogP contribution in [0.1, 0.15) is 52.9 Å². The minimum atomic E-state index is 0.826. The molecular formula is C13H28N2. The van der Waals surface area contributed by atoms with E-state index in [9.17, 15) is 0 Å². The lowest BCUT2D eigenvalue weighted by atomic mass is 10.0. The Hall–Kier alpha value is -0.0800. The SMILES string of the molecule is CCCCC(CC)N(CCC)C1CNC1. The van der Waals surface area contributed by atoms with Gasteiger partial charge in [-0.3, -0.25) is 4.90 Å². The second-order valence-electron chi connectivity index (χ2n) is 4.75. The molecule has 0 aromatic rings. The fourth-order valence-electron chi connectivity index (χ4n) is 2.47. The first-order valence-corrected chi connectivity index (χ1v) is 6.79. The molecule has 0 bridgehead atoms. The Labute approximate surface area is 95.4 Å². The molecule has 0 radical (unpaired) electrons. The molecule has 1 N–H and O–H groups in total. The monoisotopic (exact) mass is 212 g/mol. The molecule has 0 spiro atoms. The molecule has 0 aliphatic carbocycles. The van der Waals surface area contributed by atoms with Crippen LogP contribution in [-0.2, 0) is 0 Å². The maximum atomic E-state index is 3.39. The molecule has 2 nitrogen and oxygen atoms in total. The molecule has 0 aromatic carbocycles. The Balaban J connectivity index is 2.41. The van der Waals surface area contributed by atoms with Crippen molar-refractivity contribution < 1.29 is 0 Å². The van der Waals surface area contributed by atoms with Crippen molar-refractivity contribution in [2.24, 2.45) is 0 Å². The highest BCUT2D eigenvalue weighted by Crippen LogP contribution is 2.18. The summed E-state index contributed by atoms with van der Waals surface area (Å²) < 4.78 is 0. The predicted octanol–water partition coefficient (Wildman–Crippen LogP) is 2.64. The quantitative estimate of drug-likeness (QED) is 0.665. The van der Waals surface area contributed by atoms with Gasteiger partial charge in [0.25, 0.3) is 0 Å². The summed E-state index contributed by atoms with van der Waals surface area (Å²) in [6.07, 6.45) is 6.72. The van der Waals surface area contributed by atoms with Crippen molar-refractivity contribution in [2.75, 3.05) is 19.6 Å². The molecule has 2 heteroatoms. The largest absolute Gasteiger partial charge is 0.314 e. The zero-order valence-electron chi connectivity index (χ0n) is 10.8. The molecule has 0 saturated carbocycles. The van der Waals surface area contributed by atoms with E-state index in [1.165, 1.54) is 51.7 Å². The second kappa shape index (κ2) is 7.24. The average Bonchev–Trinajstić information content (AvgIpc) is 2.16. The summed E-state index contributed by atoms with van der Waals surface area (Å²) in [5, 5.41) is 3.39. The molecule has 1 aliphatic heterocycles. The van der Waals surface area contributed by atoms with Crippen molar-refractivity contribution in [1.82, 2.24) is 10.2 Å². The predicted molar refractivity (Wildman–Crippen MR) is 67.3 cm³/mol. The van der Waals surface area contributed by atoms with Crippen molar-refractivity contribution in [3.05, 3.63) is 0 Å². The summed E-state index contributed by atoms with van der Waals surface area (Å²) >= 11 is 0. The highest BCUT2D eigenvalue weighted by atomic mass is 15.3. The molecule has 90 valence electrons. The van der Waals surface area contributed by atoms with Gasteiger partial charge in [0.15, 0.2) is 0 Å². The van der Waals surface area contributed by atoms with Gasteiger partial charge in [-0.05, 0) is 25.8 Å². The van der Waals surface area contributed by atoms with E-state index in [0.717, 1.165) is 12.1 Å². The third-order valence-corrected chi connectivity index (χ3v) is 3.54. The molecule has 15 heavy (non-hydrogen) atoms. The van der Waals surface area contributed by atoms with Crippen LogP contribution < -0.4 is 5.32 Å². The molecule has 1 aliphatic rings. The van der Waals surface area contributed by atoms with Crippen LogP contribution in [0.15, 0.2) is 0 Å². The van der Waals surface area contributed by atoms with E-state index in [0.29, 0.717) is 0 Å². The number of hydrogen-bond acceptors (Lipinski definition) is 2. The first kappa shape index (κ1) is 13.0. The summed E-state index contributed by atoms with van der Waals surface area (Å²) in [5.41, 5.74) is 0. The number of unbranched alkanes of at least 4 members (excludes halogenated alkanes) is 1. The van der Waals surface area contributed by atoms with Gasteiger partial charge in [0.1, 0.15) is 0 Å². The summed E-state index contributed by atoms with van der Waals surface area (Å²) in [7, 11) is 0. The average molecular weight is 212 g/mol. The number of hydrogen-bond donors (Lipinski definition) is 1. The van der Waals surface area contributed by atoms with Crippen LogP contribution in [0.3, 0.4) is 0 Å². The summed E-state index contributed by atoms with van der Waals surface area (Å²) in [6.45, 7) is 10.6. The van der Waals surface area contributed by atoms with Gasteiger partial charge in [-0.25, -0.2) is 0 Å². The third kappa shape index (κ3) is 3.76. The van der Waals surface area contributed by atoms with Crippen LogP contribution in [0, 0.1) is 0 Å². The zero-order valence-corrected chi connectivity index (χ0v) is 10.8. The lowest BCUT2D eigenvalue weighted by Crippen LogP contribution is -2.60. The topological polar surface area (TPSA) is 15.3 Å². The van der Waals surface area contributed by atoms with Gasteiger partial charge in [-0.1, -0.05) is 33.6 Å². The van der Waals surface area contributed by atoms with E-state index in [4.69, 9.17) is 0 Å². The molecule has 0 aromatic heterocycles.